The van der Waals surface area contributed by atoms with Crippen LogP contribution in [-0.4, -0.2) is 68.2 Å². The van der Waals surface area contributed by atoms with Gasteiger partial charge in [-0.1, -0.05) is 6.42 Å². The van der Waals surface area contributed by atoms with Crippen LogP contribution in [0.15, 0.2) is 18.7 Å². The van der Waals surface area contributed by atoms with Gasteiger partial charge in [-0.2, -0.15) is 0 Å². The van der Waals surface area contributed by atoms with Crippen molar-refractivity contribution < 1.29 is 9.53 Å². The zero-order chi connectivity index (χ0) is 24.3. The summed E-state index contributed by atoms with van der Waals surface area (Å²) in [5, 5.41) is 0. The highest BCUT2D eigenvalue weighted by Gasteiger charge is 2.52. The molecule has 0 unspecified atom stereocenters. The molecule has 4 heterocycles. The van der Waals surface area contributed by atoms with Gasteiger partial charge in [0.2, 0.25) is 0 Å². The standard InChI is InChI=1S/C24H34N8O2/c1-15-12-31(22(33)34-23(3,4)5)16(2)11-30(15)20-19-21(29-14-28-20)32(13-24(19)7-6-8-24)18-10-26-17(25)9-27-18/h9-10,14-16H,6-8,11-13H2,1-5H3,(H2,25,26)/t15-,16+/m0/s1. The third-order valence-electron chi connectivity index (χ3n) is 7.19. The molecular formula is C24H34N8O2. The smallest absolute Gasteiger partial charge is 0.410 e. The maximum atomic E-state index is 12.8. The summed E-state index contributed by atoms with van der Waals surface area (Å²) in [6.45, 7) is 12.0. The normalized spacial score (nSPS) is 23.6. The summed E-state index contributed by atoms with van der Waals surface area (Å²) in [6, 6.07) is 0.0830. The van der Waals surface area contributed by atoms with Crippen molar-refractivity contribution in [1.29, 1.82) is 0 Å². The van der Waals surface area contributed by atoms with Crippen molar-refractivity contribution in [2.45, 2.75) is 77.0 Å². The molecule has 1 amide bonds. The lowest BCUT2D eigenvalue weighted by Crippen LogP contribution is -2.59. The van der Waals surface area contributed by atoms with E-state index in [4.69, 9.17) is 20.4 Å². The molecule has 2 N–H and O–H groups in total. The zero-order valence-electron chi connectivity index (χ0n) is 20.7. The van der Waals surface area contributed by atoms with Crippen LogP contribution in [0.5, 0.6) is 0 Å². The number of nitrogens with zero attached hydrogens (tertiary/aromatic N) is 7. The Kier molecular flexibility index (Phi) is 5.29. The van der Waals surface area contributed by atoms with Crippen molar-refractivity contribution in [2.75, 3.05) is 35.2 Å². The highest BCUT2D eigenvalue weighted by molar-refractivity contribution is 5.75. The molecule has 2 aromatic heterocycles. The fourth-order valence-electron chi connectivity index (χ4n) is 5.39. The number of amides is 1. The lowest BCUT2D eigenvalue weighted by atomic mass is 9.66. The van der Waals surface area contributed by atoms with Crippen LogP contribution >= 0.6 is 0 Å². The Hall–Kier alpha value is -3.17. The minimum Gasteiger partial charge on any atom is -0.444 e. The molecule has 0 bridgehead atoms. The summed E-state index contributed by atoms with van der Waals surface area (Å²) in [4.78, 5) is 37.4. The molecule has 1 saturated heterocycles. The van der Waals surface area contributed by atoms with Crippen molar-refractivity contribution in [3.05, 3.63) is 24.3 Å². The highest BCUT2D eigenvalue weighted by Crippen LogP contribution is 2.56. The van der Waals surface area contributed by atoms with E-state index in [1.165, 1.54) is 12.0 Å². The predicted octanol–water partition coefficient (Wildman–Crippen LogP) is 3.26. The van der Waals surface area contributed by atoms with Gasteiger partial charge >= 0.3 is 6.09 Å². The van der Waals surface area contributed by atoms with Crippen LogP contribution in [0.3, 0.4) is 0 Å². The summed E-state index contributed by atoms with van der Waals surface area (Å²) < 4.78 is 5.66. The molecule has 1 spiro atoms. The SMILES string of the molecule is C[C@@H]1CN(c2ncnc3c2C2(CCC2)CN3c2cnc(N)cn2)[C@@H](C)CN1C(=O)OC(C)(C)C. The zero-order valence-corrected chi connectivity index (χ0v) is 20.7. The first-order chi connectivity index (χ1) is 16.1. The van der Waals surface area contributed by atoms with E-state index >= 15 is 0 Å². The molecular weight excluding hydrogens is 432 g/mol. The number of hydrogen-bond donors (Lipinski definition) is 1. The van der Waals surface area contributed by atoms with Crippen molar-refractivity contribution in [3.8, 4) is 0 Å². The quantitative estimate of drug-likeness (QED) is 0.712. The molecule has 3 aliphatic rings. The number of aromatic nitrogens is 4. The Bertz CT molecular complexity index is 1080. The molecule has 1 aliphatic carbocycles. The van der Waals surface area contributed by atoms with Crippen molar-refractivity contribution in [1.82, 2.24) is 24.8 Å². The van der Waals surface area contributed by atoms with E-state index in [9.17, 15) is 4.79 Å². The van der Waals surface area contributed by atoms with E-state index in [1.54, 1.807) is 18.7 Å². The van der Waals surface area contributed by atoms with Crippen molar-refractivity contribution in [2.24, 2.45) is 0 Å². The van der Waals surface area contributed by atoms with Crippen LogP contribution in [0.4, 0.5) is 28.1 Å². The number of hydrogen-bond acceptors (Lipinski definition) is 9. The molecule has 1 saturated carbocycles. The van der Waals surface area contributed by atoms with Gasteiger partial charge in [0.15, 0.2) is 5.82 Å². The molecule has 5 rings (SSSR count). The van der Waals surface area contributed by atoms with E-state index in [1.807, 2.05) is 25.7 Å². The molecule has 2 fully saturated rings. The fraction of sp³-hybridized carbons (Fsp3) is 0.625. The minimum absolute atomic E-state index is 0.00511. The first kappa shape index (κ1) is 22.6. The van der Waals surface area contributed by atoms with Gasteiger partial charge in [0.1, 0.15) is 29.4 Å². The fourth-order valence-corrected chi connectivity index (χ4v) is 5.39. The summed E-state index contributed by atoms with van der Waals surface area (Å²) in [7, 11) is 0. The van der Waals surface area contributed by atoms with Gasteiger partial charge in [-0.05, 0) is 47.5 Å². The van der Waals surface area contributed by atoms with Crippen LogP contribution in [0, 0.1) is 0 Å². The monoisotopic (exact) mass is 466 g/mol. The third kappa shape index (κ3) is 3.78. The third-order valence-corrected chi connectivity index (χ3v) is 7.19. The number of anilines is 4. The molecule has 10 heteroatoms. The lowest BCUT2D eigenvalue weighted by Gasteiger charge is -2.46. The minimum atomic E-state index is -0.518. The molecule has 0 radical (unpaired) electrons. The molecule has 2 atom stereocenters. The van der Waals surface area contributed by atoms with E-state index in [-0.39, 0.29) is 23.6 Å². The maximum Gasteiger partial charge on any atom is 0.410 e. The predicted molar refractivity (Wildman–Crippen MR) is 130 cm³/mol. The maximum absolute atomic E-state index is 12.8. The topological polar surface area (TPSA) is 114 Å². The Morgan fingerprint density at radius 1 is 1.06 bits per heavy atom. The number of nitrogen functional groups attached to an aromatic ring is 1. The first-order valence-corrected chi connectivity index (χ1v) is 12.0. The van der Waals surface area contributed by atoms with Gasteiger partial charge in [-0.3, -0.25) is 0 Å². The van der Waals surface area contributed by atoms with Gasteiger partial charge in [-0.15, -0.1) is 0 Å². The van der Waals surface area contributed by atoms with Gasteiger partial charge in [0, 0.05) is 42.7 Å². The average Bonchev–Trinajstić information content (AvgIpc) is 3.11. The van der Waals surface area contributed by atoms with Crippen LogP contribution in [0.2, 0.25) is 0 Å². The summed E-state index contributed by atoms with van der Waals surface area (Å²) in [5.74, 6) is 3.02. The number of carbonyl (C=O) groups excluding carboxylic acids is 1. The van der Waals surface area contributed by atoms with Crippen molar-refractivity contribution >= 4 is 29.4 Å². The average molecular weight is 467 g/mol. The lowest BCUT2D eigenvalue weighted by molar-refractivity contribution is 0.0129. The first-order valence-electron chi connectivity index (χ1n) is 12.0. The molecule has 2 aromatic rings. The van der Waals surface area contributed by atoms with Gasteiger partial charge in [0.25, 0.3) is 0 Å². The molecule has 182 valence electrons. The number of rotatable bonds is 2. The van der Waals surface area contributed by atoms with Gasteiger partial charge in [-0.25, -0.2) is 24.7 Å². The molecule has 0 aromatic carbocycles. The van der Waals surface area contributed by atoms with E-state index in [2.05, 4.69) is 33.6 Å². The van der Waals surface area contributed by atoms with Gasteiger partial charge < -0.3 is 25.2 Å². The number of carbonyl (C=O) groups is 1. The van der Waals surface area contributed by atoms with E-state index < -0.39 is 5.60 Å². The number of ether oxygens (including phenoxy) is 1. The summed E-state index contributed by atoms with van der Waals surface area (Å²) in [5.41, 5.74) is 6.46. The van der Waals surface area contributed by atoms with E-state index in [0.29, 0.717) is 18.9 Å². The highest BCUT2D eigenvalue weighted by atomic mass is 16.6. The Balaban J connectivity index is 1.47. The molecule has 34 heavy (non-hydrogen) atoms. The second-order valence-corrected chi connectivity index (χ2v) is 10.9. The Morgan fingerprint density at radius 2 is 1.79 bits per heavy atom. The number of nitrogens with two attached hydrogens (primary N) is 1. The van der Waals surface area contributed by atoms with Crippen LogP contribution < -0.4 is 15.5 Å². The largest absolute Gasteiger partial charge is 0.444 e. The van der Waals surface area contributed by atoms with Crippen LogP contribution in [-0.2, 0) is 10.2 Å². The second-order valence-electron chi connectivity index (χ2n) is 10.9. The second kappa shape index (κ2) is 7.95. The molecule has 2 aliphatic heterocycles. The number of fused-ring (bicyclic) bond motifs is 2. The van der Waals surface area contributed by atoms with Crippen LogP contribution in [0.1, 0.15) is 59.4 Å². The molecule has 10 nitrogen and oxygen atoms in total. The Morgan fingerprint density at radius 3 is 2.41 bits per heavy atom. The summed E-state index contributed by atoms with van der Waals surface area (Å²) >= 11 is 0. The number of piperazine rings is 1. The Labute approximate surface area is 200 Å². The van der Waals surface area contributed by atoms with E-state index in [0.717, 1.165) is 36.8 Å². The van der Waals surface area contributed by atoms with Gasteiger partial charge in [0.05, 0.1) is 12.4 Å². The van der Waals surface area contributed by atoms with Crippen LogP contribution in [0.25, 0.3) is 0 Å². The van der Waals surface area contributed by atoms with Crippen molar-refractivity contribution in [3.63, 3.8) is 0 Å². The summed E-state index contributed by atoms with van der Waals surface area (Å²) in [6.07, 6.45) is 8.06.